The van der Waals surface area contributed by atoms with Gasteiger partial charge >= 0.3 is 5.97 Å². The predicted molar refractivity (Wildman–Crippen MR) is 130 cm³/mol. The number of carboxylic acids is 1. The van der Waals surface area contributed by atoms with Crippen molar-refractivity contribution in [2.24, 2.45) is 0 Å². The van der Waals surface area contributed by atoms with E-state index in [1.165, 1.54) is 17.2 Å². The van der Waals surface area contributed by atoms with Crippen molar-refractivity contribution >= 4 is 17.6 Å². The average molecular weight is 500 g/mol. The number of carbonyl (C=O) groups is 1. The molecule has 178 valence electrons. The van der Waals surface area contributed by atoms with Crippen molar-refractivity contribution in [1.82, 2.24) is 30.0 Å². The number of benzene rings is 2. The van der Waals surface area contributed by atoms with Gasteiger partial charge < -0.3 is 10.3 Å². The first-order chi connectivity index (χ1) is 17.5. The van der Waals surface area contributed by atoms with Gasteiger partial charge in [0.1, 0.15) is 12.4 Å². The molecule has 0 fully saturated rings. The van der Waals surface area contributed by atoms with E-state index in [1.54, 1.807) is 35.0 Å². The highest BCUT2D eigenvalue weighted by Crippen LogP contribution is 2.36. The van der Waals surface area contributed by atoms with E-state index < -0.39 is 5.97 Å². The number of aryl methyl sites for hydroxylation is 1. The molecule has 1 aliphatic rings. The molecule has 1 aliphatic carbocycles. The summed E-state index contributed by atoms with van der Waals surface area (Å²) in [7, 11) is 0. The van der Waals surface area contributed by atoms with Crippen molar-refractivity contribution in [2.75, 3.05) is 0 Å². The van der Waals surface area contributed by atoms with E-state index in [4.69, 9.17) is 11.6 Å². The fourth-order valence-electron chi connectivity index (χ4n) is 4.72. The van der Waals surface area contributed by atoms with Crippen LogP contribution in [0.1, 0.15) is 34.1 Å². The smallest absolute Gasteiger partial charge is 0.335 e. The number of aromatic nitrogens is 7. The van der Waals surface area contributed by atoms with Gasteiger partial charge in [0.05, 0.1) is 16.9 Å². The van der Waals surface area contributed by atoms with E-state index in [0.29, 0.717) is 46.1 Å². The summed E-state index contributed by atoms with van der Waals surface area (Å²) in [5.74, 6) is -0.993. The maximum Gasteiger partial charge on any atom is 0.335 e. The molecule has 0 radical (unpaired) electrons. The Balaban J connectivity index is 1.37. The van der Waals surface area contributed by atoms with Gasteiger partial charge in [-0.2, -0.15) is 14.5 Å². The van der Waals surface area contributed by atoms with Crippen LogP contribution in [0.5, 0.6) is 0 Å². The normalized spacial score (nSPS) is 14.6. The highest BCUT2D eigenvalue weighted by atomic mass is 35.5. The van der Waals surface area contributed by atoms with Gasteiger partial charge in [-0.25, -0.2) is 4.79 Å². The molecule has 1 atom stereocenters. The van der Waals surface area contributed by atoms with Crippen LogP contribution in [0.4, 0.5) is 0 Å². The molecular weight excluding hydrogens is 482 g/mol. The van der Waals surface area contributed by atoms with Crippen LogP contribution >= 0.6 is 11.6 Å². The van der Waals surface area contributed by atoms with Crippen LogP contribution in [-0.4, -0.2) is 41.1 Å². The number of fused-ring (bicyclic) bond motifs is 1. The third-order valence-electron chi connectivity index (χ3n) is 6.35. The summed E-state index contributed by atoms with van der Waals surface area (Å²) in [4.78, 5) is 11.3. The number of rotatable bonds is 5. The summed E-state index contributed by atoms with van der Waals surface area (Å²) in [6.45, 7) is 0. The first-order valence-electron chi connectivity index (χ1n) is 11.2. The molecule has 0 amide bonds. The Bertz CT molecular complexity index is 1610. The minimum absolute atomic E-state index is 0.195. The van der Waals surface area contributed by atoms with Crippen LogP contribution in [0, 0.1) is 5.21 Å². The average Bonchev–Trinajstić information content (AvgIpc) is 3.64. The number of carboxylic acid groups (broad SMARTS) is 1. The molecule has 1 unspecified atom stereocenters. The Morgan fingerprint density at radius 3 is 2.83 bits per heavy atom. The van der Waals surface area contributed by atoms with Crippen molar-refractivity contribution in [2.45, 2.75) is 18.9 Å². The van der Waals surface area contributed by atoms with Crippen molar-refractivity contribution in [3.63, 3.8) is 0 Å². The number of tetrazole rings is 1. The van der Waals surface area contributed by atoms with Crippen LogP contribution in [0.25, 0.3) is 28.1 Å². The fraction of sp³-hybridized carbons (Fsp3) is 0.120. The standard InChI is InChI=1S/C25H18ClN7O3/c26-19-5-7-22(32-14-27-29-30-32)20(12-19)18-11-16-4-6-23(24(16)33(36)13-18)31-9-8-21(28-31)15-2-1-3-17(10-15)25(34)35/h1-3,5,7-14,23H,4,6H2,(H,34,35). The largest absolute Gasteiger partial charge is 0.618 e. The number of halogens is 1. The Labute approximate surface area is 209 Å². The molecule has 0 bridgehead atoms. The third kappa shape index (κ3) is 3.77. The van der Waals surface area contributed by atoms with Gasteiger partial charge in [0.15, 0.2) is 6.20 Å². The van der Waals surface area contributed by atoms with Gasteiger partial charge in [0.25, 0.3) is 0 Å². The SMILES string of the molecule is O=C(O)c1cccc(-c2ccn(C3CCc4cc(-c5cc(Cl)ccc5-n5cnnn5)c[n+]([O-])c43)n2)c1. The lowest BCUT2D eigenvalue weighted by atomic mass is 10.0. The van der Waals surface area contributed by atoms with Gasteiger partial charge in [-0.05, 0) is 65.7 Å². The second-order valence-electron chi connectivity index (χ2n) is 8.50. The molecule has 0 aliphatic heterocycles. The van der Waals surface area contributed by atoms with Gasteiger partial charge in [0, 0.05) is 33.5 Å². The molecule has 0 saturated heterocycles. The van der Waals surface area contributed by atoms with E-state index in [-0.39, 0.29) is 11.6 Å². The van der Waals surface area contributed by atoms with E-state index in [9.17, 15) is 15.1 Å². The van der Waals surface area contributed by atoms with Gasteiger partial charge in [0.2, 0.25) is 5.69 Å². The van der Waals surface area contributed by atoms with Crippen LogP contribution < -0.4 is 4.73 Å². The molecule has 2 aromatic carbocycles. The zero-order chi connectivity index (χ0) is 24.8. The molecule has 36 heavy (non-hydrogen) atoms. The first-order valence-corrected chi connectivity index (χ1v) is 11.5. The molecule has 3 aromatic heterocycles. The van der Waals surface area contributed by atoms with Crippen LogP contribution in [0.15, 0.2) is 73.3 Å². The number of aromatic carboxylic acids is 1. The zero-order valence-electron chi connectivity index (χ0n) is 18.7. The number of pyridine rings is 1. The molecule has 5 aromatic rings. The summed E-state index contributed by atoms with van der Waals surface area (Å²) in [5.41, 5.74) is 5.27. The second kappa shape index (κ2) is 8.58. The lowest BCUT2D eigenvalue weighted by Crippen LogP contribution is -2.34. The summed E-state index contributed by atoms with van der Waals surface area (Å²) >= 11 is 6.28. The Hall–Kier alpha value is -4.57. The lowest BCUT2D eigenvalue weighted by molar-refractivity contribution is -0.615. The molecule has 0 spiro atoms. The Morgan fingerprint density at radius 1 is 1.14 bits per heavy atom. The molecule has 0 saturated carbocycles. The number of hydrogen-bond donors (Lipinski definition) is 1. The predicted octanol–water partition coefficient (Wildman–Crippen LogP) is 3.71. The number of hydrogen-bond acceptors (Lipinski definition) is 6. The lowest BCUT2D eigenvalue weighted by Gasteiger charge is -2.14. The van der Waals surface area contributed by atoms with Crippen LogP contribution in [0.3, 0.4) is 0 Å². The van der Waals surface area contributed by atoms with Gasteiger partial charge in [-0.1, -0.05) is 23.7 Å². The maximum absolute atomic E-state index is 13.3. The van der Waals surface area contributed by atoms with Crippen LogP contribution in [0.2, 0.25) is 5.02 Å². The number of nitrogens with zero attached hydrogens (tertiary/aromatic N) is 7. The van der Waals surface area contributed by atoms with Crippen molar-refractivity contribution in [1.29, 1.82) is 0 Å². The van der Waals surface area contributed by atoms with Gasteiger partial charge in [-0.15, -0.1) is 5.10 Å². The highest BCUT2D eigenvalue weighted by molar-refractivity contribution is 6.31. The topological polar surface area (TPSA) is 126 Å². The van der Waals surface area contributed by atoms with E-state index >= 15 is 0 Å². The first kappa shape index (κ1) is 21.9. The van der Waals surface area contributed by atoms with Crippen molar-refractivity contribution in [3.05, 3.63) is 100 Å². The van der Waals surface area contributed by atoms with Crippen LogP contribution in [-0.2, 0) is 6.42 Å². The summed E-state index contributed by atoms with van der Waals surface area (Å²) in [5, 5.41) is 39.2. The van der Waals surface area contributed by atoms with Crippen molar-refractivity contribution in [3.8, 4) is 28.1 Å². The van der Waals surface area contributed by atoms with E-state index in [2.05, 4.69) is 20.6 Å². The molecule has 1 N–H and O–H groups in total. The second-order valence-corrected chi connectivity index (χ2v) is 8.94. The molecule has 10 nitrogen and oxygen atoms in total. The minimum atomic E-state index is -0.993. The zero-order valence-corrected chi connectivity index (χ0v) is 19.4. The minimum Gasteiger partial charge on any atom is -0.618 e. The van der Waals surface area contributed by atoms with Gasteiger partial charge in [-0.3, -0.25) is 4.68 Å². The quantitative estimate of drug-likeness (QED) is 0.288. The summed E-state index contributed by atoms with van der Waals surface area (Å²) < 4.78 is 4.20. The van der Waals surface area contributed by atoms with E-state index in [0.717, 1.165) is 15.9 Å². The molecule has 6 rings (SSSR count). The molecule has 3 heterocycles. The molecular formula is C25H18ClN7O3. The summed E-state index contributed by atoms with van der Waals surface area (Å²) in [6.07, 6.45) is 6.27. The van der Waals surface area contributed by atoms with E-state index in [1.807, 2.05) is 30.5 Å². The fourth-order valence-corrected chi connectivity index (χ4v) is 4.89. The highest BCUT2D eigenvalue weighted by Gasteiger charge is 2.33. The maximum atomic E-state index is 13.3. The summed E-state index contributed by atoms with van der Waals surface area (Å²) in [6, 6.07) is 15.6. The van der Waals surface area contributed by atoms with Crippen molar-refractivity contribution < 1.29 is 14.6 Å². The monoisotopic (exact) mass is 499 g/mol. The Kier molecular flexibility index (Phi) is 5.23. The molecule has 11 heteroatoms. The third-order valence-corrected chi connectivity index (χ3v) is 6.59. The Morgan fingerprint density at radius 2 is 2.03 bits per heavy atom.